The van der Waals surface area contributed by atoms with Gasteiger partial charge in [-0.05, 0) is 55.7 Å². The van der Waals surface area contributed by atoms with Crippen molar-refractivity contribution in [2.75, 3.05) is 19.9 Å². The molecule has 2 aromatic carbocycles. The second kappa shape index (κ2) is 6.31. The molecule has 0 saturated heterocycles. The van der Waals surface area contributed by atoms with Gasteiger partial charge in [0, 0.05) is 6.54 Å². The number of ether oxygens (including phenoxy) is 3. The zero-order valence-corrected chi connectivity index (χ0v) is 14.5. The van der Waals surface area contributed by atoms with E-state index in [1.54, 1.807) is 0 Å². The van der Waals surface area contributed by atoms with Gasteiger partial charge in [0.05, 0.1) is 6.04 Å². The summed E-state index contributed by atoms with van der Waals surface area (Å²) in [4.78, 5) is 14.5. The minimum atomic E-state index is -0.00707. The Kier molecular flexibility index (Phi) is 3.99. The molecule has 2 aliphatic rings. The molecule has 1 atom stereocenters. The summed E-state index contributed by atoms with van der Waals surface area (Å²) in [7, 11) is 0. The molecule has 0 aliphatic carbocycles. The molecule has 0 N–H and O–H groups in total. The van der Waals surface area contributed by atoms with Crippen molar-refractivity contribution >= 4 is 5.91 Å². The number of rotatable bonds is 3. The number of carbonyl (C=O) groups is 1. The van der Waals surface area contributed by atoms with Crippen LogP contribution in [-0.4, -0.2) is 30.8 Å². The average molecular weight is 339 g/mol. The van der Waals surface area contributed by atoms with Crippen molar-refractivity contribution in [3.63, 3.8) is 0 Å². The van der Waals surface area contributed by atoms with Crippen LogP contribution in [0, 0.1) is 6.92 Å². The normalized spacial score (nSPS) is 18.0. The standard InChI is InChI=1S/C20H21NO4/c1-13-3-5-16(6-4-13)23-11-20(22)21-8-7-15-9-18-19(25-12-24-18)10-17(15)14(21)2/h3-6,9-10,14H,7-8,11-12H2,1-2H3. The monoisotopic (exact) mass is 339 g/mol. The summed E-state index contributed by atoms with van der Waals surface area (Å²) >= 11 is 0. The van der Waals surface area contributed by atoms with Gasteiger partial charge in [0.2, 0.25) is 6.79 Å². The van der Waals surface area contributed by atoms with Crippen LogP contribution in [0.25, 0.3) is 0 Å². The fourth-order valence-corrected chi connectivity index (χ4v) is 3.41. The summed E-state index contributed by atoms with van der Waals surface area (Å²) in [5, 5.41) is 0. The number of fused-ring (bicyclic) bond motifs is 2. The maximum Gasteiger partial charge on any atom is 0.261 e. The molecular formula is C20H21NO4. The van der Waals surface area contributed by atoms with E-state index < -0.39 is 0 Å². The zero-order chi connectivity index (χ0) is 17.4. The van der Waals surface area contributed by atoms with Crippen molar-refractivity contribution in [1.82, 2.24) is 4.90 Å². The van der Waals surface area contributed by atoms with Gasteiger partial charge in [-0.25, -0.2) is 0 Å². The summed E-state index contributed by atoms with van der Waals surface area (Å²) < 4.78 is 16.6. The summed E-state index contributed by atoms with van der Waals surface area (Å²) in [6.07, 6.45) is 0.812. The molecule has 0 saturated carbocycles. The Bertz CT molecular complexity index is 800. The van der Waals surface area contributed by atoms with Crippen molar-refractivity contribution in [3.8, 4) is 17.2 Å². The summed E-state index contributed by atoms with van der Waals surface area (Å²) in [5.74, 6) is 2.27. The largest absolute Gasteiger partial charge is 0.484 e. The van der Waals surface area contributed by atoms with Crippen molar-refractivity contribution in [1.29, 1.82) is 0 Å². The lowest BCUT2D eigenvalue weighted by Crippen LogP contribution is -2.41. The van der Waals surface area contributed by atoms with Crippen LogP contribution in [0.3, 0.4) is 0 Å². The van der Waals surface area contributed by atoms with E-state index in [0.717, 1.165) is 23.5 Å². The van der Waals surface area contributed by atoms with E-state index >= 15 is 0 Å². The van der Waals surface area contributed by atoms with Gasteiger partial charge in [0.25, 0.3) is 5.91 Å². The fraction of sp³-hybridized carbons (Fsp3) is 0.350. The van der Waals surface area contributed by atoms with Crippen LogP contribution >= 0.6 is 0 Å². The van der Waals surface area contributed by atoms with Gasteiger partial charge >= 0.3 is 0 Å². The Labute approximate surface area is 147 Å². The number of benzene rings is 2. The number of amides is 1. The van der Waals surface area contributed by atoms with Crippen LogP contribution in [0.5, 0.6) is 17.2 Å². The first kappa shape index (κ1) is 15.8. The molecule has 5 heteroatoms. The first-order valence-electron chi connectivity index (χ1n) is 8.53. The van der Waals surface area contributed by atoms with Crippen LogP contribution in [0.2, 0.25) is 0 Å². The van der Waals surface area contributed by atoms with Crippen molar-refractivity contribution in [2.24, 2.45) is 0 Å². The lowest BCUT2D eigenvalue weighted by Gasteiger charge is -2.35. The fourth-order valence-electron chi connectivity index (χ4n) is 3.41. The Morgan fingerprint density at radius 2 is 1.92 bits per heavy atom. The highest BCUT2D eigenvalue weighted by Gasteiger charge is 2.30. The maximum atomic E-state index is 12.6. The Hall–Kier alpha value is -2.69. The molecule has 2 aromatic rings. The molecule has 0 aromatic heterocycles. The van der Waals surface area contributed by atoms with Crippen LogP contribution in [0.4, 0.5) is 0 Å². The Morgan fingerprint density at radius 1 is 1.20 bits per heavy atom. The maximum absolute atomic E-state index is 12.6. The molecule has 1 amide bonds. The minimum Gasteiger partial charge on any atom is -0.484 e. The van der Waals surface area contributed by atoms with Crippen LogP contribution < -0.4 is 14.2 Å². The molecule has 0 spiro atoms. The predicted molar refractivity (Wildman–Crippen MR) is 93.1 cm³/mol. The van der Waals surface area contributed by atoms with E-state index in [9.17, 15) is 4.79 Å². The van der Waals surface area contributed by atoms with Gasteiger partial charge < -0.3 is 19.1 Å². The molecule has 0 bridgehead atoms. The lowest BCUT2D eigenvalue weighted by atomic mass is 9.93. The number of hydrogen-bond donors (Lipinski definition) is 0. The molecule has 5 nitrogen and oxygen atoms in total. The SMILES string of the molecule is Cc1ccc(OCC(=O)N2CCc3cc4c(cc3C2C)OCO4)cc1. The third kappa shape index (κ3) is 3.02. The summed E-state index contributed by atoms with van der Waals surface area (Å²) in [6.45, 7) is 5.06. The minimum absolute atomic E-state index is 0.00334. The molecule has 2 heterocycles. The summed E-state index contributed by atoms with van der Waals surface area (Å²) in [6, 6.07) is 11.8. The molecule has 0 fully saturated rings. The van der Waals surface area contributed by atoms with Crippen LogP contribution in [0.15, 0.2) is 36.4 Å². The van der Waals surface area contributed by atoms with E-state index in [1.165, 1.54) is 11.1 Å². The zero-order valence-electron chi connectivity index (χ0n) is 14.5. The quantitative estimate of drug-likeness (QED) is 0.861. The molecule has 2 aliphatic heterocycles. The average Bonchev–Trinajstić information content (AvgIpc) is 3.07. The Balaban J connectivity index is 1.46. The van der Waals surface area contributed by atoms with Crippen molar-refractivity contribution in [2.45, 2.75) is 26.3 Å². The van der Waals surface area contributed by atoms with E-state index in [-0.39, 0.29) is 25.3 Å². The van der Waals surface area contributed by atoms with E-state index in [1.807, 2.05) is 55.1 Å². The molecular weight excluding hydrogens is 318 g/mol. The molecule has 130 valence electrons. The van der Waals surface area contributed by atoms with Gasteiger partial charge in [0.1, 0.15) is 5.75 Å². The van der Waals surface area contributed by atoms with E-state index in [0.29, 0.717) is 12.3 Å². The van der Waals surface area contributed by atoms with Crippen LogP contribution in [0.1, 0.15) is 29.7 Å². The molecule has 0 radical (unpaired) electrons. The highest BCUT2D eigenvalue weighted by atomic mass is 16.7. The van der Waals surface area contributed by atoms with Gasteiger partial charge in [-0.2, -0.15) is 0 Å². The number of hydrogen-bond acceptors (Lipinski definition) is 4. The first-order valence-corrected chi connectivity index (χ1v) is 8.53. The van der Waals surface area contributed by atoms with Gasteiger partial charge in [-0.15, -0.1) is 0 Å². The molecule has 1 unspecified atom stereocenters. The topological polar surface area (TPSA) is 48.0 Å². The van der Waals surface area contributed by atoms with E-state index in [2.05, 4.69) is 0 Å². The van der Waals surface area contributed by atoms with Crippen LogP contribution in [-0.2, 0) is 11.2 Å². The third-order valence-electron chi connectivity index (χ3n) is 4.88. The predicted octanol–water partition coefficient (Wildman–Crippen LogP) is 3.25. The number of nitrogens with zero attached hydrogens (tertiary/aromatic N) is 1. The van der Waals surface area contributed by atoms with Gasteiger partial charge in [0.15, 0.2) is 18.1 Å². The lowest BCUT2D eigenvalue weighted by molar-refractivity contribution is -0.135. The Morgan fingerprint density at radius 3 is 2.68 bits per heavy atom. The smallest absolute Gasteiger partial charge is 0.261 e. The van der Waals surface area contributed by atoms with Crippen molar-refractivity contribution < 1.29 is 19.0 Å². The van der Waals surface area contributed by atoms with Crippen molar-refractivity contribution in [3.05, 3.63) is 53.1 Å². The molecule has 4 rings (SSSR count). The second-order valence-corrected chi connectivity index (χ2v) is 6.52. The highest BCUT2D eigenvalue weighted by molar-refractivity contribution is 5.78. The molecule has 25 heavy (non-hydrogen) atoms. The highest BCUT2D eigenvalue weighted by Crippen LogP contribution is 2.40. The number of carbonyl (C=O) groups excluding carboxylic acids is 1. The summed E-state index contributed by atoms with van der Waals surface area (Å²) in [5.41, 5.74) is 3.51. The van der Waals surface area contributed by atoms with E-state index in [4.69, 9.17) is 14.2 Å². The third-order valence-corrected chi connectivity index (χ3v) is 4.88. The van der Waals surface area contributed by atoms with Gasteiger partial charge in [-0.1, -0.05) is 17.7 Å². The van der Waals surface area contributed by atoms with Gasteiger partial charge in [-0.3, -0.25) is 4.79 Å². The first-order chi connectivity index (χ1) is 12.1. The number of aryl methyl sites for hydroxylation is 1. The second-order valence-electron chi connectivity index (χ2n) is 6.52.